The number of imide groups is 1. The van der Waals surface area contributed by atoms with E-state index in [-0.39, 0.29) is 92.7 Å². The molecule has 6 aromatic rings. The first-order chi connectivity index (χ1) is 58.0. The highest BCUT2D eigenvalue weighted by Gasteiger charge is 2.53. The van der Waals surface area contributed by atoms with Crippen LogP contribution in [0.2, 0.25) is 10.0 Å². The normalized spacial score (nSPS) is 30.8. The van der Waals surface area contributed by atoms with Gasteiger partial charge in [-0.15, -0.1) is 0 Å². The molecule has 11 aliphatic rings. The van der Waals surface area contributed by atoms with E-state index in [9.17, 15) is 60.3 Å². The molecular formula is C85H98Cl2N10O25. The molecule has 4 aliphatic carbocycles. The molecule has 122 heavy (non-hydrogen) atoms. The zero-order valence-electron chi connectivity index (χ0n) is 67.1. The zero-order chi connectivity index (χ0) is 87.4. The van der Waals surface area contributed by atoms with Gasteiger partial charge >= 0.3 is 0 Å². The smallest absolute Gasteiger partial charge is 0.257 e. The van der Waals surface area contributed by atoms with Crippen LogP contribution in [-0.4, -0.2) is 204 Å². The minimum atomic E-state index is -2.42. The molecule has 0 spiro atoms. The van der Waals surface area contributed by atoms with Crippen LogP contribution < -0.4 is 72.5 Å². The summed E-state index contributed by atoms with van der Waals surface area (Å²) in [7, 11) is 1.47. The van der Waals surface area contributed by atoms with E-state index < -0.39 is 227 Å². The third kappa shape index (κ3) is 18.4. The number of phenols is 3. The Labute approximate surface area is 709 Å². The molecule has 6 fully saturated rings. The Balaban J connectivity index is 0.969. The molecule has 7 aliphatic heterocycles. The fourth-order valence-electron chi connectivity index (χ4n) is 18.0. The van der Waals surface area contributed by atoms with Gasteiger partial charge in [0.05, 0.1) is 47.9 Å². The number of halogens is 2. The summed E-state index contributed by atoms with van der Waals surface area (Å²) < 4.78 is 44.6. The number of aliphatic hydroxyl groups is 6. The van der Waals surface area contributed by atoms with Gasteiger partial charge in [0.2, 0.25) is 59.3 Å². The quantitative estimate of drug-likeness (QED) is 0.0617. The van der Waals surface area contributed by atoms with Crippen molar-refractivity contribution in [2.24, 2.45) is 35.3 Å². The molecule has 4 saturated carbocycles. The molecule has 7 heterocycles. The molecule has 17 rings (SSSR count). The summed E-state index contributed by atoms with van der Waals surface area (Å²) in [5.74, 6) is -14.4. The van der Waals surface area contributed by atoms with E-state index in [0.29, 0.717) is 17.6 Å². The van der Waals surface area contributed by atoms with E-state index in [0.717, 1.165) is 86.7 Å². The lowest BCUT2D eigenvalue weighted by atomic mass is 9.54. The standard InChI is InChI=1S/C85H98Cl2N10O25/c1-7-116-46-13-8-38(9-14-46)76(108)91-60(102)31-52-78(110)93-65-44-27-57(118-55-16-11-40(25-49(55)86)69(103)67(82(114)90-52)96-77(109)51(89-6)18-34(2)3)73(122-84-74(72(106)71(105)59(33-98)120-84)121-61-32-85(5,88)75(107)35(4)117-61)58(28-44)119-56-17-12-41(26-50(56)87)70(104)68-83(115)95-66(81(113)92-63-42-20-36-19-37(22-42)23-43(63)21-36)48-29-45(99)30-54(101)62(48)47-24-39(10-15-53(47)100)64(79(111)97-68)94-80(65)112/h8-17,24-30,34-37,42-43,51-52,59,61,63-72,74-75,84,89,98-101,103-107H,7,18-23,31-33,88H2,1-6H3,(H,90,114)(H,92,113)(H,93,110)(H,94,112)(H,95,115)(H,96,109)(H,97,111)(H,91,102,108)/t35-,36?,37?,42?,43?,51+,52-,59+,61-,63?,64+,65+,66-,67+,68-,69+,70+,71+,72-,74+,75+,84-,85-/m0/s1. The highest BCUT2D eigenvalue weighted by atomic mass is 35.5. The average Bonchev–Trinajstić information content (AvgIpc) is 0.551. The SMILES string of the molecule is CCOc1ccc(C(=O)NC(=O)C[C@@H]2NC(=O)[C@H](NC(=O)[C@@H](CC(C)C)NC)[C@H](O)c3ccc(c(Cl)c3)Oc3cc4cc(c3O[C@@H]3O[C@H](CO)[C@@H](O)[C@H](O)[C@H]3O[C@H]3C[C@](C)(N)[C@H](O)[C@H](C)O3)Oc3ccc(cc3Cl)[C@@H](O)[C@@H]3NC(=O)[C@H](NC(=O)[C@@H]4NC2=O)c2ccc(O)c(c2)-c2c(O)cc(O)cc2[C@@H](C(=O)NC2C4CC5CC(C4)CC2C5)NC3=O)cc1. The van der Waals surface area contributed by atoms with Crippen molar-refractivity contribution in [3.05, 3.63) is 147 Å². The van der Waals surface area contributed by atoms with E-state index in [2.05, 4.69) is 47.9 Å². The van der Waals surface area contributed by atoms with Crippen molar-refractivity contribution in [3.8, 4) is 62.9 Å². The molecule has 6 aromatic carbocycles. The molecule has 9 amide bonds. The van der Waals surface area contributed by atoms with Gasteiger partial charge in [-0.1, -0.05) is 55.2 Å². The van der Waals surface area contributed by atoms with Crippen LogP contribution in [0.3, 0.4) is 0 Å². The average molecular weight is 1730 g/mol. The second-order valence-corrected chi connectivity index (χ2v) is 34.0. The Kier molecular flexibility index (Phi) is 26.0. The predicted octanol–water partition coefficient (Wildman–Crippen LogP) is 3.83. The van der Waals surface area contributed by atoms with Gasteiger partial charge in [-0.05, 0) is 203 Å². The number of rotatable bonds is 17. The first-order valence-corrected chi connectivity index (χ1v) is 41.1. The predicted molar refractivity (Wildman–Crippen MR) is 432 cm³/mol. The fraction of sp³-hybridized carbons (Fsp3) is 0.471. The van der Waals surface area contributed by atoms with Gasteiger partial charge in [0.15, 0.2) is 23.9 Å². The van der Waals surface area contributed by atoms with Gasteiger partial charge < -0.3 is 127 Å². The van der Waals surface area contributed by atoms with Gasteiger partial charge in [-0.2, -0.15) is 0 Å². The van der Waals surface area contributed by atoms with Crippen molar-refractivity contribution in [1.82, 2.24) is 47.9 Å². The maximum Gasteiger partial charge on any atom is 0.257 e. The number of nitrogens with two attached hydrogens (primary N) is 1. The van der Waals surface area contributed by atoms with Gasteiger partial charge in [0, 0.05) is 40.8 Å². The van der Waals surface area contributed by atoms with Gasteiger partial charge in [0.1, 0.15) is 101 Å². The lowest BCUT2D eigenvalue weighted by Gasteiger charge is -2.54. The molecule has 15 bridgehead atoms. The van der Waals surface area contributed by atoms with E-state index in [1.807, 2.05) is 13.8 Å². The topological polar surface area (TPSA) is 535 Å². The minimum Gasteiger partial charge on any atom is -0.508 e. The van der Waals surface area contributed by atoms with Crippen LogP contribution in [0, 0.1) is 29.6 Å². The second kappa shape index (κ2) is 36.1. The first kappa shape index (κ1) is 87.8. The van der Waals surface area contributed by atoms with E-state index in [4.69, 9.17) is 62.1 Å². The number of fused-ring (bicyclic) bond motifs is 15. The Hall–Kier alpha value is -10.5. The molecule has 37 heteroatoms. The van der Waals surface area contributed by atoms with E-state index in [1.165, 1.54) is 69.4 Å². The van der Waals surface area contributed by atoms with E-state index >= 15 is 28.8 Å². The summed E-state index contributed by atoms with van der Waals surface area (Å²) in [6.45, 7) is 7.67. The number of aliphatic hydroxyl groups excluding tert-OH is 6. The third-order valence-electron chi connectivity index (χ3n) is 24.0. The largest absolute Gasteiger partial charge is 0.508 e. The monoisotopic (exact) mass is 1730 g/mol. The molecule has 18 atom stereocenters. The fourth-order valence-corrected chi connectivity index (χ4v) is 18.5. The van der Waals surface area contributed by atoms with Gasteiger partial charge in [-0.25, -0.2) is 0 Å². The van der Waals surface area contributed by atoms with Crippen molar-refractivity contribution >= 4 is 76.4 Å². The summed E-state index contributed by atoms with van der Waals surface area (Å²) in [5.41, 5.74) is 2.82. The van der Waals surface area contributed by atoms with Crippen LogP contribution in [0.25, 0.3) is 11.1 Å². The summed E-state index contributed by atoms with van der Waals surface area (Å²) in [6, 6.07) is 5.41. The van der Waals surface area contributed by atoms with Gasteiger partial charge in [-0.3, -0.25) is 48.5 Å². The molecule has 0 unspecified atom stereocenters. The number of nitrogens with one attached hydrogen (secondary N) is 9. The molecule has 35 nitrogen and oxygen atoms in total. The maximum absolute atomic E-state index is 16.6. The number of hydrogen-bond donors (Lipinski definition) is 19. The highest BCUT2D eigenvalue weighted by Crippen LogP contribution is 2.55. The number of ether oxygens (including phenoxy) is 7. The number of benzene rings is 6. The third-order valence-corrected chi connectivity index (χ3v) is 24.6. The van der Waals surface area contributed by atoms with Crippen molar-refractivity contribution in [2.45, 2.75) is 201 Å². The number of phenolic OH excluding ortho intramolecular Hbond substituents is 3. The maximum atomic E-state index is 16.6. The second-order valence-electron chi connectivity index (χ2n) is 33.2. The zero-order valence-corrected chi connectivity index (χ0v) is 68.6. The van der Waals surface area contributed by atoms with Crippen LogP contribution >= 0.6 is 23.2 Å². The molecule has 652 valence electrons. The Morgan fingerprint density at radius 2 is 1.28 bits per heavy atom. The Morgan fingerprint density at radius 1 is 0.664 bits per heavy atom. The van der Waals surface area contributed by atoms with Crippen LogP contribution in [0.15, 0.2) is 103 Å². The molecule has 0 radical (unpaired) electrons. The summed E-state index contributed by atoms with van der Waals surface area (Å²) >= 11 is 14.5. The van der Waals surface area contributed by atoms with Crippen LogP contribution in [0.4, 0.5) is 0 Å². The van der Waals surface area contributed by atoms with E-state index in [1.54, 1.807) is 6.92 Å². The summed E-state index contributed by atoms with van der Waals surface area (Å²) in [4.78, 5) is 139. The lowest BCUT2D eigenvalue weighted by molar-refractivity contribution is -0.333. The number of amides is 9. The lowest BCUT2D eigenvalue weighted by Crippen LogP contribution is -2.64. The molecular weight excluding hydrogens is 1630 g/mol. The Bertz CT molecular complexity index is 5010. The number of aromatic hydroxyl groups is 3. The number of hydrogen-bond acceptors (Lipinski definition) is 27. The highest BCUT2D eigenvalue weighted by molar-refractivity contribution is 6.32. The van der Waals surface area contributed by atoms with Crippen molar-refractivity contribution < 1.29 is 122 Å². The molecule has 2 saturated heterocycles. The molecule has 20 N–H and O–H groups in total. The molecule has 0 aromatic heterocycles. The van der Waals surface area contributed by atoms with Crippen LogP contribution in [0.1, 0.15) is 154 Å². The summed E-state index contributed by atoms with van der Waals surface area (Å²) in [5, 5.41) is 130. The minimum absolute atomic E-state index is 0.0555. The number of carbonyl (C=O) groups is 9. The summed E-state index contributed by atoms with van der Waals surface area (Å²) in [6.07, 6.45) is -14.5. The van der Waals surface area contributed by atoms with Crippen molar-refractivity contribution in [3.63, 3.8) is 0 Å². The van der Waals surface area contributed by atoms with Crippen LogP contribution in [-0.2, 0) is 52.6 Å². The number of likely N-dealkylation sites (N-methyl/N-ethyl adjacent to an activating group) is 1. The van der Waals surface area contributed by atoms with Gasteiger partial charge in [0.25, 0.3) is 5.91 Å². The van der Waals surface area contributed by atoms with Crippen molar-refractivity contribution in [1.29, 1.82) is 0 Å². The number of carbonyl (C=O) groups excluding carboxylic acids is 9. The van der Waals surface area contributed by atoms with Crippen LogP contribution in [0.5, 0.6) is 51.7 Å². The first-order valence-electron chi connectivity index (χ1n) is 40.4. The Morgan fingerprint density at radius 3 is 1.89 bits per heavy atom. The van der Waals surface area contributed by atoms with Crippen molar-refractivity contribution in [2.75, 3.05) is 20.3 Å².